The Morgan fingerprint density at radius 3 is 2.23 bits per heavy atom. The first-order chi connectivity index (χ1) is 12.4. The molecule has 0 saturated carbocycles. The number of carbonyl (C=O) groups excluding carboxylic acids is 1. The topological polar surface area (TPSA) is 59.6 Å². The summed E-state index contributed by atoms with van der Waals surface area (Å²) in [6, 6.07) is 11.0. The zero-order chi connectivity index (χ0) is 19.1. The number of thiocarbonyl (C=S) groups is 1. The molecule has 0 unspecified atom stereocenters. The van der Waals surface area contributed by atoms with E-state index in [4.69, 9.17) is 21.7 Å². The van der Waals surface area contributed by atoms with Crippen LogP contribution in [0.4, 0.5) is 5.69 Å². The SMILES string of the molecule is COCCOc1ccc(C(=O)NC(=S)Nc2c(C)cc(C)cc2C)cc1. The lowest BCUT2D eigenvalue weighted by Gasteiger charge is -2.15. The van der Waals surface area contributed by atoms with E-state index in [-0.39, 0.29) is 11.0 Å². The van der Waals surface area contributed by atoms with Crippen LogP contribution in [0.5, 0.6) is 5.75 Å². The van der Waals surface area contributed by atoms with Crippen molar-refractivity contribution in [3.8, 4) is 5.75 Å². The molecule has 0 saturated heterocycles. The van der Waals surface area contributed by atoms with Crippen molar-refractivity contribution < 1.29 is 14.3 Å². The van der Waals surface area contributed by atoms with Gasteiger partial charge < -0.3 is 14.8 Å². The molecule has 1 amide bonds. The van der Waals surface area contributed by atoms with Gasteiger partial charge >= 0.3 is 0 Å². The lowest BCUT2D eigenvalue weighted by molar-refractivity contribution is 0.0977. The average Bonchev–Trinajstić information content (AvgIpc) is 2.59. The molecule has 0 aromatic heterocycles. The van der Waals surface area contributed by atoms with Crippen LogP contribution in [0.1, 0.15) is 27.0 Å². The van der Waals surface area contributed by atoms with E-state index < -0.39 is 0 Å². The van der Waals surface area contributed by atoms with Crippen LogP contribution in [0.2, 0.25) is 0 Å². The molecule has 0 bridgehead atoms. The summed E-state index contributed by atoms with van der Waals surface area (Å²) in [5.74, 6) is 0.415. The molecule has 0 radical (unpaired) electrons. The van der Waals surface area contributed by atoms with E-state index in [0.717, 1.165) is 16.8 Å². The Labute approximate surface area is 159 Å². The molecule has 5 nitrogen and oxygen atoms in total. The van der Waals surface area contributed by atoms with Crippen molar-refractivity contribution in [1.29, 1.82) is 0 Å². The number of methoxy groups -OCH3 is 1. The highest BCUT2D eigenvalue weighted by molar-refractivity contribution is 7.80. The minimum Gasteiger partial charge on any atom is -0.491 e. The molecule has 0 heterocycles. The first kappa shape index (κ1) is 19.9. The minimum atomic E-state index is -0.270. The van der Waals surface area contributed by atoms with E-state index in [2.05, 4.69) is 22.8 Å². The Hall–Kier alpha value is -2.44. The second-order valence-electron chi connectivity index (χ2n) is 6.05. The Morgan fingerprint density at radius 2 is 1.65 bits per heavy atom. The summed E-state index contributed by atoms with van der Waals surface area (Å²) in [6.07, 6.45) is 0. The molecule has 2 aromatic carbocycles. The van der Waals surface area contributed by atoms with Crippen LogP contribution in [0, 0.1) is 20.8 Å². The molecule has 0 fully saturated rings. The molecule has 2 aromatic rings. The maximum absolute atomic E-state index is 12.3. The summed E-state index contributed by atoms with van der Waals surface area (Å²) >= 11 is 5.28. The molecule has 0 aliphatic carbocycles. The average molecular weight is 372 g/mol. The molecule has 0 spiro atoms. The summed E-state index contributed by atoms with van der Waals surface area (Å²) in [5, 5.41) is 6.09. The fraction of sp³-hybridized carbons (Fsp3) is 0.300. The van der Waals surface area contributed by atoms with Gasteiger partial charge in [-0.15, -0.1) is 0 Å². The molecular weight excluding hydrogens is 348 g/mol. The van der Waals surface area contributed by atoms with Crippen molar-refractivity contribution in [2.75, 3.05) is 25.6 Å². The van der Waals surface area contributed by atoms with E-state index >= 15 is 0 Å². The third-order valence-corrected chi connectivity index (χ3v) is 4.02. The smallest absolute Gasteiger partial charge is 0.257 e. The van der Waals surface area contributed by atoms with Crippen molar-refractivity contribution in [3.05, 3.63) is 58.7 Å². The first-order valence-corrected chi connectivity index (χ1v) is 8.73. The van der Waals surface area contributed by atoms with Crippen LogP contribution in [-0.4, -0.2) is 31.3 Å². The molecule has 0 atom stereocenters. The number of hydrogen-bond donors (Lipinski definition) is 2. The van der Waals surface area contributed by atoms with Gasteiger partial charge in [-0.25, -0.2) is 0 Å². The quantitative estimate of drug-likeness (QED) is 0.597. The molecule has 6 heteroatoms. The van der Waals surface area contributed by atoms with Gasteiger partial charge in [0.05, 0.1) is 6.61 Å². The minimum absolute atomic E-state index is 0.269. The Kier molecular flexibility index (Phi) is 7.12. The normalized spacial score (nSPS) is 10.3. The first-order valence-electron chi connectivity index (χ1n) is 8.32. The van der Waals surface area contributed by atoms with Gasteiger partial charge in [-0.05, 0) is 68.4 Å². The Morgan fingerprint density at radius 1 is 1.04 bits per heavy atom. The largest absolute Gasteiger partial charge is 0.491 e. The molecule has 2 N–H and O–H groups in total. The van der Waals surface area contributed by atoms with E-state index in [0.29, 0.717) is 24.5 Å². The number of amides is 1. The fourth-order valence-corrected chi connectivity index (χ4v) is 2.84. The molecule has 0 aliphatic heterocycles. The standard InChI is InChI=1S/C20H24N2O3S/c1-13-11-14(2)18(15(3)12-13)21-20(26)22-19(23)16-5-7-17(8-6-16)25-10-9-24-4/h5-8,11-12H,9-10H2,1-4H3,(H2,21,22,23,26). The highest BCUT2D eigenvalue weighted by atomic mass is 32.1. The predicted molar refractivity (Wildman–Crippen MR) is 108 cm³/mol. The summed E-state index contributed by atoms with van der Waals surface area (Å²) < 4.78 is 10.4. The third-order valence-electron chi connectivity index (χ3n) is 3.82. The summed E-state index contributed by atoms with van der Waals surface area (Å²) in [7, 11) is 1.62. The van der Waals surface area contributed by atoms with E-state index in [1.54, 1.807) is 31.4 Å². The van der Waals surface area contributed by atoms with Crippen LogP contribution in [0.15, 0.2) is 36.4 Å². The highest BCUT2D eigenvalue weighted by Gasteiger charge is 2.10. The second-order valence-corrected chi connectivity index (χ2v) is 6.46. The van der Waals surface area contributed by atoms with Crippen LogP contribution >= 0.6 is 12.2 Å². The number of rotatable bonds is 6. The number of anilines is 1. The number of ether oxygens (including phenoxy) is 2. The Balaban J connectivity index is 1.96. The number of nitrogens with one attached hydrogen (secondary N) is 2. The monoisotopic (exact) mass is 372 g/mol. The second kappa shape index (κ2) is 9.31. The van der Waals surface area contributed by atoms with Crippen molar-refractivity contribution in [1.82, 2.24) is 5.32 Å². The van der Waals surface area contributed by atoms with Crippen molar-refractivity contribution >= 4 is 28.9 Å². The van der Waals surface area contributed by atoms with E-state index in [1.165, 1.54) is 5.56 Å². The zero-order valence-corrected chi connectivity index (χ0v) is 16.3. The number of aryl methyl sites for hydroxylation is 3. The molecule has 0 aliphatic rings. The number of hydrogen-bond acceptors (Lipinski definition) is 4. The highest BCUT2D eigenvalue weighted by Crippen LogP contribution is 2.21. The van der Waals surface area contributed by atoms with Gasteiger partial charge in [-0.3, -0.25) is 10.1 Å². The number of benzene rings is 2. The number of carbonyl (C=O) groups is 1. The molecule has 138 valence electrons. The van der Waals surface area contributed by atoms with Crippen molar-refractivity contribution in [2.45, 2.75) is 20.8 Å². The van der Waals surface area contributed by atoms with E-state index in [1.807, 2.05) is 20.8 Å². The van der Waals surface area contributed by atoms with Gasteiger partial charge in [0.2, 0.25) is 0 Å². The molecule has 26 heavy (non-hydrogen) atoms. The van der Waals surface area contributed by atoms with Crippen molar-refractivity contribution in [2.24, 2.45) is 0 Å². The van der Waals surface area contributed by atoms with Gasteiger partial charge in [0.25, 0.3) is 5.91 Å². The van der Waals surface area contributed by atoms with E-state index in [9.17, 15) is 4.79 Å². The fourth-order valence-electron chi connectivity index (χ4n) is 2.64. The summed E-state index contributed by atoms with van der Waals surface area (Å²) in [5.41, 5.74) is 4.77. The summed E-state index contributed by atoms with van der Waals surface area (Å²) in [4.78, 5) is 12.3. The van der Waals surface area contributed by atoms with Gasteiger partial charge in [-0.2, -0.15) is 0 Å². The van der Waals surface area contributed by atoms with Crippen LogP contribution in [-0.2, 0) is 4.74 Å². The Bertz CT molecular complexity index is 765. The third kappa shape index (κ3) is 5.54. The lowest BCUT2D eigenvalue weighted by atomic mass is 10.1. The van der Waals surface area contributed by atoms with Gasteiger partial charge in [0, 0.05) is 18.4 Å². The van der Waals surface area contributed by atoms with Crippen LogP contribution in [0.3, 0.4) is 0 Å². The van der Waals surface area contributed by atoms with Gasteiger partial charge in [-0.1, -0.05) is 17.7 Å². The van der Waals surface area contributed by atoms with Gasteiger partial charge in [0.15, 0.2) is 5.11 Å². The maximum Gasteiger partial charge on any atom is 0.257 e. The lowest BCUT2D eigenvalue weighted by Crippen LogP contribution is -2.34. The van der Waals surface area contributed by atoms with Crippen LogP contribution < -0.4 is 15.4 Å². The zero-order valence-electron chi connectivity index (χ0n) is 15.5. The summed E-state index contributed by atoms with van der Waals surface area (Å²) in [6.45, 7) is 7.04. The maximum atomic E-state index is 12.3. The molecule has 2 rings (SSSR count). The van der Waals surface area contributed by atoms with Crippen molar-refractivity contribution in [3.63, 3.8) is 0 Å². The molecular formula is C20H24N2O3S. The van der Waals surface area contributed by atoms with Gasteiger partial charge in [0.1, 0.15) is 12.4 Å². The predicted octanol–water partition coefficient (Wildman–Crippen LogP) is 3.76. The van der Waals surface area contributed by atoms with Crippen LogP contribution in [0.25, 0.3) is 0 Å².